The number of rotatable bonds is 1. The quantitative estimate of drug-likeness (QED) is 0.644. The van der Waals surface area contributed by atoms with Crippen LogP contribution in [0.15, 0.2) is 30.6 Å². The van der Waals surface area contributed by atoms with Gasteiger partial charge in [-0.1, -0.05) is 6.07 Å². The van der Waals surface area contributed by atoms with Gasteiger partial charge in [-0.25, -0.2) is 4.98 Å². The number of fused-ring (bicyclic) bond motifs is 1. The van der Waals surface area contributed by atoms with Gasteiger partial charge in [0, 0.05) is 18.7 Å². The lowest BCUT2D eigenvalue weighted by Crippen LogP contribution is -1.84. The molecule has 0 saturated carbocycles. The second-order valence-corrected chi connectivity index (χ2v) is 3.77. The summed E-state index contributed by atoms with van der Waals surface area (Å²) < 4.78 is 1.99. The van der Waals surface area contributed by atoms with E-state index in [0.717, 1.165) is 22.3 Å². The van der Waals surface area contributed by atoms with Crippen LogP contribution in [0.2, 0.25) is 0 Å². The number of benzene rings is 1. The molecule has 0 aliphatic carbocycles. The van der Waals surface area contributed by atoms with Crippen molar-refractivity contribution in [3.63, 3.8) is 0 Å². The molecule has 0 atom stereocenters. The van der Waals surface area contributed by atoms with Crippen molar-refractivity contribution in [2.75, 3.05) is 5.73 Å². The number of nitrogen functional groups attached to an aromatic ring is 1. The zero-order chi connectivity index (χ0) is 11.1. The molecule has 0 amide bonds. The van der Waals surface area contributed by atoms with Crippen LogP contribution in [-0.2, 0) is 7.05 Å². The highest BCUT2D eigenvalue weighted by molar-refractivity contribution is 5.81. The number of nitrogens with zero attached hydrogens (tertiary/aromatic N) is 3. The molecule has 0 fully saturated rings. The molecule has 5 nitrogen and oxygen atoms in total. The van der Waals surface area contributed by atoms with Crippen LogP contribution in [0, 0.1) is 0 Å². The van der Waals surface area contributed by atoms with Crippen LogP contribution < -0.4 is 5.73 Å². The van der Waals surface area contributed by atoms with Gasteiger partial charge in [0.05, 0.1) is 23.1 Å². The number of aromatic amines is 1. The highest BCUT2D eigenvalue weighted by Crippen LogP contribution is 2.22. The minimum Gasteiger partial charge on any atom is -0.382 e. The minimum absolute atomic E-state index is 0.496. The van der Waals surface area contributed by atoms with Gasteiger partial charge in [0.25, 0.3) is 0 Å². The van der Waals surface area contributed by atoms with E-state index in [2.05, 4.69) is 15.2 Å². The van der Waals surface area contributed by atoms with Gasteiger partial charge in [-0.05, 0) is 12.1 Å². The molecule has 0 aliphatic heterocycles. The summed E-state index contributed by atoms with van der Waals surface area (Å²) in [5.41, 5.74) is 9.59. The van der Waals surface area contributed by atoms with E-state index in [4.69, 9.17) is 5.73 Å². The van der Waals surface area contributed by atoms with Crippen molar-refractivity contribution >= 4 is 16.9 Å². The minimum atomic E-state index is 0.496. The molecule has 3 aromatic rings. The summed E-state index contributed by atoms with van der Waals surface area (Å²) >= 11 is 0. The topological polar surface area (TPSA) is 72.5 Å². The number of aromatic nitrogens is 4. The normalized spacial score (nSPS) is 11.1. The summed E-state index contributed by atoms with van der Waals surface area (Å²) in [6.45, 7) is 0. The number of anilines is 1. The van der Waals surface area contributed by atoms with Gasteiger partial charge in [0.15, 0.2) is 0 Å². The van der Waals surface area contributed by atoms with E-state index in [1.54, 1.807) is 6.33 Å². The second kappa shape index (κ2) is 3.10. The van der Waals surface area contributed by atoms with E-state index in [1.165, 1.54) is 0 Å². The lowest BCUT2D eigenvalue weighted by atomic mass is 10.1. The smallest absolute Gasteiger partial charge is 0.145 e. The Morgan fingerprint density at radius 2 is 2.19 bits per heavy atom. The highest BCUT2D eigenvalue weighted by atomic mass is 15.2. The van der Waals surface area contributed by atoms with Crippen LogP contribution in [0.3, 0.4) is 0 Å². The maximum absolute atomic E-state index is 5.57. The van der Waals surface area contributed by atoms with Crippen molar-refractivity contribution < 1.29 is 0 Å². The van der Waals surface area contributed by atoms with Crippen molar-refractivity contribution in [3.8, 4) is 11.3 Å². The first-order valence-electron chi connectivity index (χ1n) is 4.96. The summed E-state index contributed by atoms with van der Waals surface area (Å²) in [6, 6.07) is 7.89. The molecule has 0 unspecified atom stereocenters. The number of hydrogen-bond donors (Lipinski definition) is 2. The van der Waals surface area contributed by atoms with Gasteiger partial charge in [0.1, 0.15) is 5.82 Å². The molecule has 1 aromatic carbocycles. The second-order valence-electron chi connectivity index (χ2n) is 3.77. The van der Waals surface area contributed by atoms with Crippen molar-refractivity contribution in [1.82, 2.24) is 19.7 Å². The predicted molar refractivity (Wildman–Crippen MR) is 62.7 cm³/mol. The third kappa shape index (κ3) is 1.25. The standard InChI is InChI=1S/C11H11N5/c1-16-6-13-9-4-7(2-3-10(9)16)8-5-11(12)15-14-8/h2-6H,1H3,(H3,12,14,15). The number of nitrogens with two attached hydrogens (primary N) is 1. The Kier molecular flexibility index (Phi) is 1.73. The van der Waals surface area contributed by atoms with Gasteiger partial charge in [-0.3, -0.25) is 5.10 Å². The average molecular weight is 213 g/mol. The monoisotopic (exact) mass is 213 g/mol. The number of aryl methyl sites for hydroxylation is 1. The third-order valence-corrected chi connectivity index (χ3v) is 2.63. The first kappa shape index (κ1) is 8.96. The number of imidazole rings is 1. The molecule has 0 radical (unpaired) electrons. The molecular weight excluding hydrogens is 202 g/mol. The molecule has 0 saturated heterocycles. The SMILES string of the molecule is Cn1cnc2cc(-c3cc(N)n[nH]3)ccc21. The summed E-state index contributed by atoms with van der Waals surface area (Å²) in [5.74, 6) is 0.496. The fourth-order valence-electron chi connectivity index (χ4n) is 1.79. The van der Waals surface area contributed by atoms with Crippen LogP contribution in [0.4, 0.5) is 5.82 Å². The van der Waals surface area contributed by atoms with E-state index in [1.807, 2.05) is 35.9 Å². The Morgan fingerprint density at radius 1 is 1.31 bits per heavy atom. The van der Waals surface area contributed by atoms with Crippen molar-refractivity contribution in [2.45, 2.75) is 0 Å². The van der Waals surface area contributed by atoms with Crippen LogP contribution in [0.25, 0.3) is 22.3 Å². The Balaban J connectivity index is 2.18. The molecule has 3 rings (SSSR count). The largest absolute Gasteiger partial charge is 0.382 e. The van der Waals surface area contributed by atoms with E-state index >= 15 is 0 Å². The summed E-state index contributed by atoms with van der Waals surface area (Å²) in [5, 5.41) is 6.79. The number of hydrogen-bond acceptors (Lipinski definition) is 3. The Morgan fingerprint density at radius 3 is 2.94 bits per heavy atom. The molecule has 2 aromatic heterocycles. The van der Waals surface area contributed by atoms with Crippen LogP contribution >= 0.6 is 0 Å². The zero-order valence-corrected chi connectivity index (χ0v) is 8.81. The Hall–Kier alpha value is -2.30. The summed E-state index contributed by atoms with van der Waals surface area (Å²) in [4.78, 5) is 4.31. The maximum atomic E-state index is 5.57. The van der Waals surface area contributed by atoms with Crippen molar-refractivity contribution in [1.29, 1.82) is 0 Å². The van der Waals surface area contributed by atoms with E-state index in [-0.39, 0.29) is 0 Å². The molecule has 0 bridgehead atoms. The Bertz CT molecular complexity index is 649. The van der Waals surface area contributed by atoms with Gasteiger partial charge in [-0.15, -0.1) is 0 Å². The third-order valence-electron chi connectivity index (χ3n) is 2.63. The maximum Gasteiger partial charge on any atom is 0.145 e. The van der Waals surface area contributed by atoms with Crippen molar-refractivity contribution in [2.24, 2.45) is 7.05 Å². The van der Waals surface area contributed by atoms with Gasteiger partial charge < -0.3 is 10.3 Å². The first-order valence-corrected chi connectivity index (χ1v) is 4.96. The van der Waals surface area contributed by atoms with Gasteiger partial charge in [-0.2, -0.15) is 5.10 Å². The van der Waals surface area contributed by atoms with Gasteiger partial charge >= 0.3 is 0 Å². The van der Waals surface area contributed by atoms with Gasteiger partial charge in [0.2, 0.25) is 0 Å². The molecule has 0 spiro atoms. The Labute approximate surface area is 91.9 Å². The molecule has 3 N–H and O–H groups in total. The number of nitrogens with one attached hydrogen (secondary N) is 1. The van der Waals surface area contributed by atoms with E-state index < -0.39 is 0 Å². The molecule has 0 aliphatic rings. The van der Waals surface area contributed by atoms with Crippen molar-refractivity contribution in [3.05, 3.63) is 30.6 Å². The molecule has 80 valence electrons. The zero-order valence-electron chi connectivity index (χ0n) is 8.81. The lowest BCUT2D eigenvalue weighted by Gasteiger charge is -1.98. The molecule has 5 heteroatoms. The molecule has 16 heavy (non-hydrogen) atoms. The van der Waals surface area contributed by atoms with Crippen LogP contribution in [0.5, 0.6) is 0 Å². The fraction of sp³-hybridized carbons (Fsp3) is 0.0909. The number of H-pyrrole nitrogens is 1. The highest BCUT2D eigenvalue weighted by Gasteiger charge is 2.04. The van der Waals surface area contributed by atoms with E-state index in [9.17, 15) is 0 Å². The molecule has 2 heterocycles. The van der Waals surface area contributed by atoms with E-state index in [0.29, 0.717) is 5.82 Å². The average Bonchev–Trinajstić information content (AvgIpc) is 2.86. The fourth-order valence-corrected chi connectivity index (χ4v) is 1.79. The molecular formula is C11H11N5. The predicted octanol–water partition coefficient (Wildman–Crippen LogP) is 1.55. The first-order chi connectivity index (χ1) is 7.74. The summed E-state index contributed by atoms with van der Waals surface area (Å²) in [6.07, 6.45) is 1.80. The van der Waals surface area contributed by atoms with Crippen LogP contribution in [0.1, 0.15) is 0 Å². The lowest BCUT2D eigenvalue weighted by molar-refractivity contribution is 0.948. The van der Waals surface area contributed by atoms with Crippen LogP contribution in [-0.4, -0.2) is 19.7 Å². The summed E-state index contributed by atoms with van der Waals surface area (Å²) in [7, 11) is 1.98.